The number of carbonyl (C=O) groups excluding carboxylic acids is 1. The molecule has 3 aromatic heterocycles. The Morgan fingerprint density at radius 2 is 1.82 bits per heavy atom. The number of nitrogen functional groups attached to an aromatic ring is 1. The molecule has 172 valence electrons. The molecule has 0 radical (unpaired) electrons. The van der Waals surface area contributed by atoms with Gasteiger partial charge in [0.2, 0.25) is 0 Å². The molecule has 3 N–H and O–H groups in total. The van der Waals surface area contributed by atoms with Crippen molar-refractivity contribution < 1.29 is 9.32 Å². The van der Waals surface area contributed by atoms with Gasteiger partial charge in [0.05, 0.1) is 23.1 Å². The zero-order chi connectivity index (χ0) is 23.8. The van der Waals surface area contributed by atoms with Gasteiger partial charge in [-0.3, -0.25) is 4.79 Å². The van der Waals surface area contributed by atoms with Crippen LogP contribution in [0.15, 0.2) is 53.1 Å². The van der Waals surface area contributed by atoms with Crippen molar-refractivity contribution in [3.05, 3.63) is 76.5 Å². The fourth-order valence-corrected chi connectivity index (χ4v) is 4.05. The van der Waals surface area contributed by atoms with Crippen LogP contribution in [0.3, 0.4) is 0 Å². The van der Waals surface area contributed by atoms with Crippen LogP contribution in [0.4, 0.5) is 5.82 Å². The van der Waals surface area contributed by atoms with Crippen LogP contribution in [-0.4, -0.2) is 26.0 Å². The van der Waals surface area contributed by atoms with Crippen LogP contribution in [0.25, 0.3) is 22.5 Å². The summed E-state index contributed by atoms with van der Waals surface area (Å²) in [5, 5.41) is 7.33. The second-order valence-electron chi connectivity index (χ2n) is 8.46. The molecule has 3 heterocycles. The maximum atomic E-state index is 13.2. The molecule has 1 fully saturated rings. The minimum atomic E-state index is -0.459. The Morgan fingerprint density at radius 3 is 2.53 bits per heavy atom. The third-order valence-electron chi connectivity index (χ3n) is 5.70. The van der Waals surface area contributed by atoms with E-state index in [-0.39, 0.29) is 11.5 Å². The maximum absolute atomic E-state index is 13.2. The van der Waals surface area contributed by atoms with Gasteiger partial charge in [0.15, 0.2) is 17.3 Å². The van der Waals surface area contributed by atoms with Crippen molar-refractivity contribution in [1.82, 2.24) is 25.4 Å². The van der Waals surface area contributed by atoms with Gasteiger partial charge in [-0.15, -0.1) is 0 Å². The molecule has 4 aromatic rings. The van der Waals surface area contributed by atoms with E-state index in [1.807, 2.05) is 56.3 Å². The van der Waals surface area contributed by atoms with Crippen molar-refractivity contribution in [2.24, 2.45) is 0 Å². The van der Waals surface area contributed by atoms with Crippen molar-refractivity contribution in [2.45, 2.75) is 38.6 Å². The third kappa shape index (κ3) is 4.49. The van der Waals surface area contributed by atoms with Gasteiger partial charge in [-0.1, -0.05) is 47.1 Å². The molecule has 1 aliphatic rings. The molecular weight excluding hydrogens is 452 g/mol. The first-order chi connectivity index (χ1) is 16.4. The van der Waals surface area contributed by atoms with Crippen LogP contribution in [0, 0.1) is 6.92 Å². The molecule has 5 rings (SSSR count). The van der Waals surface area contributed by atoms with Crippen LogP contribution in [0.1, 0.15) is 59.4 Å². The van der Waals surface area contributed by atoms with Crippen molar-refractivity contribution in [1.29, 1.82) is 0 Å². The number of rotatable bonds is 6. The van der Waals surface area contributed by atoms with Gasteiger partial charge in [-0.05, 0) is 38.8 Å². The molecule has 0 spiro atoms. The SMILES string of the molecule is Cc1cc(-c2nc(C(=O)NC(C)c3cc(C4CC4)no3)c(N)nc2-c2ccccc2)cc(Cl)n1. The lowest BCUT2D eigenvalue weighted by molar-refractivity contribution is 0.0929. The number of anilines is 1. The summed E-state index contributed by atoms with van der Waals surface area (Å²) < 4.78 is 5.44. The minimum absolute atomic E-state index is 0.0223. The molecule has 9 heteroatoms. The standard InChI is InChI=1S/C25H23ClN6O2/c1-13-10-17(11-20(26)28-13)22-21(16-6-4-3-5-7-16)31-24(27)23(30-22)25(33)29-14(2)19-12-18(32-34-19)15-8-9-15/h3-7,10-12,14-15H,8-9H2,1-2H3,(H2,27,31)(H,29,33). The smallest absolute Gasteiger partial charge is 0.274 e. The number of halogens is 1. The number of pyridine rings is 1. The van der Waals surface area contributed by atoms with Crippen LogP contribution >= 0.6 is 11.6 Å². The van der Waals surface area contributed by atoms with Gasteiger partial charge in [0.25, 0.3) is 5.91 Å². The molecule has 1 amide bonds. The molecule has 8 nitrogen and oxygen atoms in total. The summed E-state index contributed by atoms with van der Waals surface area (Å²) in [5.41, 5.74) is 10.4. The number of amides is 1. The molecule has 1 saturated carbocycles. The monoisotopic (exact) mass is 474 g/mol. The van der Waals surface area contributed by atoms with E-state index in [9.17, 15) is 4.79 Å². The van der Waals surface area contributed by atoms with Gasteiger partial charge < -0.3 is 15.6 Å². The number of aromatic nitrogens is 4. The normalized spacial score (nSPS) is 14.1. The lowest BCUT2D eigenvalue weighted by Gasteiger charge is -2.15. The number of nitrogens with two attached hydrogens (primary N) is 1. The summed E-state index contributed by atoms with van der Waals surface area (Å²) in [5.74, 6) is 0.616. The van der Waals surface area contributed by atoms with E-state index in [2.05, 4.69) is 25.4 Å². The minimum Gasteiger partial charge on any atom is -0.382 e. The largest absolute Gasteiger partial charge is 0.382 e. The second kappa shape index (κ2) is 8.87. The summed E-state index contributed by atoms with van der Waals surface area (Å²) in [6.07, 6.45) is 2.24. The number of hydrogen-bond acceptors (Lipinski definition) is 7. The highest BCUT2D eigenvalue weighted by Gasteiger charge is 2.29. The molecule has 1 aliphatic carbocycles. The Hall–Kier alpha value is -3.78. The molecule has 1 atom stereocenters. The highest BCUT2D eigenvalue weighted by molar-refractivity contribution is 6.29. The zero-order valence-electron chi connectivity index (χ0n) is 18.7. The predicted molar refractivity (Wildman–Crippen MR) is 129 cm³/mol. The van der Waals surface area contributed by atoms with E-state index in [1.54, 1.807) is 6.07 Å². The summed E-state index contributed by atoms with van der Waals surface area (Å²) in [6, 6.07) is 14.5. The van der Waals surface area contributed by atoms with E-state index in [4.69, 9.17) is 21.9 Å². The number of carbonyl (C=O) groups is 1. The predicted octanol–water partition coefficient (Wildman–Crippen LogP) is 5.11. The summed E-state index contributed by atoms with van der Waals surface area (Å²) in [4.78, 5) is 26.6. The fraction of sp³-hybridized carbons (Fsp3) is 0.240. The van der Waals surface area contributed by atoms with Gasteiger partial charge in [-0.25, -0.2) is 15.0 Å². The number of hydrogen-bond donors (Lipinski definition) is 2. The van der Waals surface area contributed by atoms with E-state index < -0.39 is 11.9 Å². The van der Waals surface area contributed by atoms with Crippen molar-refractivity contribution in [2.75, 3.05) is 5.73 Å². The number of nitrogens with zero attached hydrogens (tertiary/aromatic N) is 4. The molecular formula is C25H23ClN6O2. The molecule has 0 aliphatic heterocycles. The number of aryl methyl sites for hydroxylation is 1. The van der Waals surface area contributed by atoms with Crippen molar-refractivity contribution >= 4 is 23.3 Å². The van der Waals surface area contributed by atoms with E-state index in [0.717, 1.165) is 29.8 Å². The Labute approximate surface area is 201 Å². The van der Waals surface area contributed by atoms with Crippen molar-refractivity contribution in [3.8, 4) is 22.5 Å². The van der Waals surface area contributed by atoms with Gasteiger partial charge >= 0.3 is 0 Å². The number of nitrogens with one attached hydrogen (secondary N) is 1. The van der Waals surface area contributed by atoms with Crippen molar-refractivity contribution in [3.63, 3.8) is 0 Å². The number of benzene rings is 1. The van der Waals surface area contributed by atoms with Crippen LogP contribution in [0.2, 0.25) is 5.15 Å². The quantitative estimate of drug-likeness (QED) is 0.372. The van der Waals surface area contributed by atoms with Crippen LogP contribution < -0.4 is 11.1 Å². The molecule has 0 bridgehead atoms. The topological polar surface area (TPSA) is 120 Å². The van der Waals surface area contributed by atoms with E-state index >= 15 is 0 Å². The van der Waals surface area contributed by atoms with E-state index in [1.165, 1.54) is 0 Å². The zero-order valence-corrected chi connectivity index (χ0v) is 19.5. The molecule has 34 heavy (non-hydrogen) atoms. The third-order valence-corrected chi connectivity index (χ3v) is 5.89. The highest BCUT2D eigenvalue weighted by Crippen LogP contribution is 2.40. The summed E-state index contributed by atoms with van der Waals surface area (Å²) in [6.45, 7) is 3.66. The summed E-state index contributed by atoms with van der Waals surface area (Å²) >= 11 is 6.22. The van der Waals surface area contributed by atoms with E-state index in [0.29, 0.717) is 33.8 Å². The Balaban J connectivity index is 1.52. The van der Waals surface area contributed by atoms with Gasteiger partial charge in [-0.2, -0.15) is 0 Å². The Morgan fingerprint density at radius 1 is 1.09 bits per heavy atom. The first-order valence-electron chi connectivity index (χ1n) is 11.0. The second-order valence-corrected chi connectivity index (χ2v) is 8.85. The first kappa shape index (κ1) is 22.0. The fourth-order valence-electron chi connectivity index (χ4n) is 3.79. The lowest BCUT2D eigenvalue weighted by Crippen LogP contribution is -2.28. The first-order valence-corrected chi connectivity index (χ1v) is 11.4. The van der Waals surface area contributed by atoms with Crippen LogP contribution in [-0.2, 0) is 0 Å². The molecule has 1 aromatic carbocycles. The van der Waals surface area contributed by atoms with Gasteiger partial charge in [0.1, 0.15) is 5.15 Å². The lowest BCUT2D eigenvalue weighted by atomic mass is 10.0. The Kier molecular flexibility index (Phi) is 5.75. The average molecular weight is 475 g/mol. The van der Waals surface area contributed by atoms with Gasteiger partial charge in [0, 0.05) is 28.8 Å². The maximum Gasteiger partial charge on any atom is 0.274 e. The average Bonchev–Trinajstić information content (AvgIpc) is 3.54. The highest BCUT2D eigenvalue weighted by atomic mass is 35.5. The Bertz CT molecular complexity index is 1350. The molecule has 1 unspecified atom stereocenters. The van der Waals surface area contributed by atoms with Crippen LogP contribution in [0.5, 0.6) is 0 Å². The molecule has 0 saturated heterocycles. The summed E-state index contributed by atoms with van der Waals surface area (Å²) in [7, 11) is 0.